The third kappa shape index (κ3) is 1.88. The van der Waals surface area contributed by atoms with Crippen LogP contribution >= 0.6 is 0 Å². The van der Waals surface area contributed by atoms with Crippen molar-refractivity contribution in [3.05, 3.63) is 54.9 Å². The smallest absolute Gasteiger partial charge is 0.132 e. The number of nitrogens with one attached hydrogen (secondary N) is 2. The predicted octanol–water partition coefficient (Wildman–Crippen LogP) is 3.15. The van der Waals surface area contributed by atoms with Gasteiger partial charge in [-0.25, -0.2) is 9.37 Å². The summed E-state index contributed by atoms with van der Waals surface area (Å²) in [6.45, 7) is 0. The van der Waals surface area contributed by atoms with Gasteiger partial charge in [0.15, 0.2) is 0 Å². The van der Waals surface area contributed by atoms with E-state index in [0.29, 0.717) is 11.3 Å². The third-order valence-electron chi connectivity index (χ3n) is 3.35. The van der Waals surface area contributed by atoms with Gasteiger partial charge >= 0.3 is 0 Å². The van der Waals surface area contributed by atoms with E-state index in [4.69, 9.17) is 0 Å². The Balaban J connectivity index is 1.95. The Hall–Kier alpha value is -3.02. The highest BCUT2D eigenvalue weighted by Gasteiger charge is 2.13. The van der Waals surface area contributed by atoms with Gasteiger partial charge in [-0.2, -0.15) is 5.10 Å². The molecule has 4 aromatic rings. The molecule has 3 heterocycles. The standard InChI is InChI=1S/C15H10FN5/c16-11-4-2-1-3-9(11)15-10-5-12(14-6-17-8-19-14)18-7-13(10)20-21-15/h1-8H,(H,17,19)(H,20,21). The summed E-state index contributed by atoms with van der Waals surface area (Å²) >= 11 is 0. The molecule has 0 radical (unpaired) electrons. The van der Waals surface area contributed by atoms with Crippen LogP contribution in [0.25, 0.3) is 33.5 Å². The molecule has 2 N–H and O–H groups in total. The SMILES string of the molecule is Fc1ccccc1-c1n[nH]c2cnc(-c3cnc[nH]3)cc12. The maximum atomic E-state index is 14.0. The molecule has 3 aromatic heterocycles. The van der Waals surface area contributed by atoms with E-state index in [2.05, 4.69) is 25.1 Å². The Labute approximate surface area is 118 Å². The minimum absolute atomic E-state index is 0.300. The van der Waals surface area contributed by atoms with Gasteiger partial charge in [-0.15, -0.1) is 0 Å². The second-order valence-corrected chi connectivity index (χ2v) is 4.63. The number of benzene rings is 1. The van der Waals surface area contributed by atoms with E-state index >= 15 is 0 Å². The molecule has 21 heavy (non-hydrogen) atoms. The number of nitrogens with zero attached hydrogens (tertiary/aromatic N) is 3. The summed E-state index contributed by atoms with van der Waals surface area (Å²) in [7, 11) is 0. The summed E-state index contributed by atoms with van der Waals surface area (Å²) < 4.78 is 14.0. The number of H-pyrrole nitrogens is 2. The molecule has 0 aliphatic rings. The van der Waals surface area contributed by atoms with Gasteiger partial charge in [0.1, 0.15) is 11.5 Å². The van der Waals surface area contributed by atoms with Crippen LogP contribution in [-0.4, -0.2) is 25.1 Å². The molecular weight excluding hydrogens is 269 g/mol. The molecule has 0 bridgehead atoms. The van der Waals surface area contributed by atoms with Crippen LogP contribution in [-0.2, 0) is 0 Å². The van der Waals surface area contributed by atoms with Gasteiger partial charge in [0.2, 0.25) is 0 Å². The lowest BCUT2D eigenvalue weighted by atomic mass is 10.1. The molecule has 0 unspecified atom stereocenters. The van der Waals surface area contributed by atoms with Crippen LogP contribution in [0.2, 0.25) is 0 Å². The molecule has 102 valence electrons. The molecule has 5 nitrogen and oxygen atoms in total. The molecule has 1 aromatic carbocycles. The van der Waals surface area contributed by atoms with Crippen LogP contribution in [0.15, 0.2) is 49.1 Å². The number of hydrogen-bond acceptors (Lipinski definition) is 3. The van der Waals surface area contributed by atoms with Crippen molar-refractivity contribution in [3.8, 4) is 22.6 Å². The van der Waals surface area contributed by atoms with E-state index in [0.717, 1.165) is 22.3 Å². The van der Waals surface area contributed by atoms with Gasteiger partial charge in [0.05, 0.1) is 35.6 Å². The fourth-order valence-corrected chi connectivity index (χ4v) is 2.32. The predicted molar refractivity (Wildman–Crippen MR) is 76.9 cm³/mol. The lowest BCUT2D eigenvalue weighted by molar-refractivity contribution is 0.631. The molecule has 0 aliphatic heterocycles. The Kier molecular flexibility index (Phi) is 2.53. The van der Waals surface area contributed by atoms with Gasteiger partial charge in [-0.3, -0.25) is 10.1 Å². The van der Waals surface area contributed by atoms with Gasteiger partial charge in [-0.1, -0.05) is 12.1 Å². The Bertz CT molecular complexity index is 911. The molecule has 4 rings (SSSR count). The van der Waals surface area contributed by atoms with E-state index in [1.807, 2.05) is 6.07 Å². The maximum Gasteiger partial charge on any atom is 0.132 e. The molecule has 0 atom stereocenters. The molecule has 0 fully saturated rings. The molecule has 0 spiro atoms. The Morgan fingerprint density at radius 2 is 2.00 bits per heavy atom. The Morgan fingerprint density at radius 3 is 2.81 bits per heavy atom. The number of imidazole rings is 1. The number of aromatic nitrogens is 5. The number of halogens is 1. The fourth-order valence-electron chi connectivity index (χ4n) is 2.32. The average molecular weight is 279 g/mol. The van der Waals surface area contributed by atoms with Crippen molar-refractivity contribution >= 4 is 10.9 Å². The van der Waals surface area contributed by atoms with Crippen LogP contribution in [0.1, 0.15) is 0 Å². The first-order chi connectivity index (χ1) is 10.3. The average Bonchev–Trinajstić information content (AvgIpc) is 3.17. The summed E-state index contributed by atoms with van der Waals surface area (Å²) in [5.41, 5.74) is 3.34. The molecule has 0 saturated carbocycles. The lowest BCUT2D eigenvalue weighted by Crippen LogP contribution is -1.86. The van der Waals surface area contributed by atoms with Gasteiger partial charge in [0, 0.05) is 10.9 Å². The second-order valence-electron chi connectivity index (χ2n) is 4.63. The number of rotatable bonds is 2. The zero-order valence-electron chi connectivity index (χ0n) is 10.8. The van der Waals surface area contributed by atoms with E-state index in [1.165, 1.54) is 6.07 Å². The monoisotopic (exact) mass is 279 g/mol. The first kappa shape index (κ1) is 11.8. The summed E-state index contributed by atoms with van der Waals surface area (Å²) in [6.07, 6.45) is 4.97. The highest BCUT2D eigenvalue weighted by Crippen LogP contribution is 2.29. The second kappa shape index (κ2) is 4.52. The normalized spacial score (nSPS) is 11.1. The van der Waals surface area contributed by atoms with Crippen LogP contribution < -0.4 is 0 Å². The topological polar surface area (TPSA) is 70.2 Å². The number of hydrogen-bond donors (Lipinski definition) is 2. The van der Waals surface area contributed by atoms with E-state index < -0.39 is 0 Å². The van der Waals surface area contributed by atoms with Crippen LogP contribution in [0.3, 0.4) is 0 Å². The van der Waals surface area contributed by atoms with Crippen molar-refractivity contribution in [1.29, 1.82) is 0 Å². The van der Waals surface area contributed by atoms with Crippen molar-refractivity contribution < 1.29 is 4.39 Å². The minimum Gasteiger partial charge on any atom is -0.343 e. The summed E-state index contributed by atoms with van der Waals surface area (Å²) in [5.74, 6) is -0.300. The molecule has 0 aliphatic carbocycles. The minimum atomic E-state index is -0.300. The number of pyridine rings is 1. The van der Waals surface area contributed by atoms with E-state index in [-0.39, 0.29) is 5.82 Å². The number of aromatic amines is 2. The first-order valence-electron chi connectivity index (χ1n) is 6.41. The van der Waals surface area contributed by atoms with E-state index in [1.54, 1.807) is 36.9 Å². The highest BCUT2D eigenvalue weighted by molar-refractivity contribution is 5.94. The molecular formula is C15H10FN5. The molecule has 0 saturated heterocycles. The maximum absolute atomic E-state index is 14.0. The zero-order valence-corrected chi connectivity index (χ0v) is 10.8. The van der Waals surface area contributed by atoms with Crippen LogP contribution in [0.5, 0.6) is 0 Å². The first-order valence-corrected chi connectivity index (χ1v) is 6.41. The zero-order chi connectivity index (χ0) is 14.2. The largest absolute Gasteiger partial charge is 0.343 e. The summed E-state index contributed by atoms with van der Waals surface area (Å²) in [5, 5.41) is 7.92. The van der Waals surface area contributed by atoms with Gasteiger partial charge in [-0.05, 0) is 18.2 Å². The summed E-state index contributed by atoms with van der Waals surface area (Å²) in [6, 6.07) is 8.45. The highest BCUT2D eigenvalue weighted by atomic mass is 19.1. The third-order valence-corrected chi connectivity index (χ3v) is 3.35. The van der Waals surface area contributed by atoms with Crippen molar-refractivity contribution in [2.45, 2.75) is 0 Å². The molecule has 0 amide bonds. The van der Waals surface area contributed by atoms with Crippen molar-refractivity contribution in [1.82, 2.24) is 25.1 Å². The van der Waals surface area contributed by atoms with Crippen molar-refractivity contribution in [2.75, 3.05) is 0 Å². The number of fused-ring (bicyclic) bond motifs is 1. The molecule has 6 heteroatoms. The van der Waals surface area contributed by atoms with Gasteiger partial charge < -0.3 is 4.98 Å². The summed E-state index contributed by atoms with van der Waals surface area (Å²) in [4.78, 5) is 11.3. The van der Waals surface area contributed by atoms with Gasteiger partial charge in [0.25, 0.3) is 0 Å². The Morgan fingerprint density at radius 1 is 1.10 bits per heavy atom. The van der Waals surface area contributed by atoms with Crippen molar-refractivity contribution in [2.24, 2.45) is 0 Å². The van der Waals surface area contributed by atoms with Crippen LogP contribution in [0.4, 0.5) is 4.39 Å². The lowest BCUT2D eigenvalue weighted by Gasteiger charge is -2.01. The quantitative estimate of drug-likeness (QED) is 0.592. The fraction of sp³-hybridized carbons (Fsp3) is 0. The van der Waals surface area contributed by atoms with Crippen LogP contribution in [0, 0.1) is 5.82 Å². The van der Waals surface area contributed by atoms with E-state index in [9.17, 15) is 4.39 Å². The van der Waals surface area contributed by atoms with Crippen molar-refractivity contribution in [3.63, 3.8) is 0 Å².